The predicted molar refractivity (Wildman–Crippen MR) is 120 cm³/mol. The maximum absolute atomic E-state index is 14.0. The topological polar surface area (TPSA) is 65.3 Å². The second-order valence-electron chi connectivity index (χ2n) is 8.58. The number of piperidine rings is 1. The summed E-state index contributed by atoms with van der Waals surface area (Å²) in [6.45, 7) is 4.41. The minimum absolute atomic E-state index is 0.113. The summed E-state index contributed by atoms with van der Waals surface area (Å²) in [5.41, 5.74) is 1.47. The highest BCUT2D eigenvalue weighted by Gasteiger charge is 2.25. The van der Waals surface area contributed by atoms with E-state index in [0.717, 1.165) is 63.6 Å². The monoisotopic (exact) mass is 470 g/mol. The van der Waals surface area contributed by atoms with Gasteiger partial charge in [0.25, 0.3) is 0 Å². The molecule has 1 aromatic carbocycles. The minimum atomic E-state index is -0.375. The van der Waals surface area contributed by atoms with Crippen LogP contribution in [-0.4, -0.2) is 50.4 Å². The van der Waals surface area contributed by atoms with Gasteiger partial charge >= 0.3 is 0 Å². The molecule has 0 aliphatic carbocycles. The Bertz CT molecular complexity index is 1080. The first kappa shape index (κ1) is 22.3. The molecule has 4 heterocycles. The first-order chi connectivity index (χ1) is 16.1. The fraction of sp³-hybridized carbons (Fsp3) is 0.458. The largest absolute Gasteiger partial charge is 0.473 e. The van der Waals surface area contributed by atoms with Gasteiger partial charge in [0.1, 0.15) is 18.2 Å². The molecule has 1 atom stereocenters. The number of likely N-dealkylation sites (tertiary alicyclic amines) is 1. The maximum Gasteiger partial charge on any atom is 0.213 e. The Balaban J connectivity index is 1.14. The van der Waals surface area contributed by atoms with E-state index in [2.05, 4.69) is 26.4 Å². The fourth-order valence-electron chi connectivity index (χ4n) is 4.26. The van der Waals surface area contributed by atoms with Crippen LogP contribution in [0.3, 0.4) is 0 Å². The van der Waals surface area contributed by atoms with Crippen molar-refractivity contribution >= 4 is 11.6 Å². The molecule has 9 heteroatoms. The van der Waals surface area contributed by atoms with Crippen LogP contribution >= 0.6 is 11.6 Å². The number of nitrogens with zero attached hydrogens (tertiary/aromatic N) is 5. The lowest BCUT2D eigenvalue weighted by molar-refractivity contribution is -0.0599. The summed E-state index contributed by atoms with van der Waals surface area (Å²) in [5, 5.41) is 8.61. The number of benzene rings is 1. The van der Waals surface area contributed by atoms with Crippen molar-refractivity contribution in [2.24, 2.45) is 0 Å². The third-order valence-corrected chi connectivity index (χ3v) is 6.56. The Hall–Kier alpha value is -2.55. The summed E-state index contributed by atoms with van der Waals surface area (Å²) in [4.78, 5) is 7.09. The summed E-state index contributed by atoms with van der Waals surface area (Å²) >= 11 is 5.82. The second-order valence-corrected chi connectivity index (χ2v) is 9.02. The van der Waals surface area contributed by atoms with Gasteiger partial charge in [0, 0.05) is 34.9 Å². The Morgan fingerprint density at radius 1 is 1.18 bits per heavy atom. The van der Waals surface area contributed by atoms with Crippen molar-refractivity contribution in [3.63, 3.8) is 0 Å². The van der Waals surface area contributed by atoms with E-state index in [1.54, 1.807) is 12.1 Å². The Morgan fingerprint density at radius 3 is 2.79 bits per heavy atom. The average Bonchev–Trinajstić information content (AvgIpc) is 3.23. The van der Waals surface area contributed by atoms with Crippen LogP contribution in [-0.2, 0) is 24.4 Å². The molecule has 0 amide bonds. The zero-order valence-electron chi connectivity index (χ0n) is 18.3. The van der Waals surface area contributed by atoms with Crippen LogP contribution < -0.4 is 4.74 Å². The van der Waals surface area contributed by atoms with E-state index in [1.165, 1.54) is 6.07 Å². The number of pyridine rings is 1. The Kier molecular flexibility index (Phi) is 6.85. The van der Waals surface area contributed by atoms with E-state index >= 15 is 0 Å². The van der Waals surface area contributed by atoms with Gasteiger partial charge in [-0.05, 0) is 50.6 Å². The van der Waals surface area contributed by atoms with Crippen LogP contribution in [0.1, 0.15) is 42.3 Å². The van der Waals surface area contributed by atoms with Crippen LogP contribution in [0.2, 0.25) is 5.02 Å². The van der Waals surface area contributed by atoms with Crippen LogP contribution in [0.25, 0.3) is 0 Å². The summed E-state index contributed by atoms with van der Waals surface area (Å²) in [5.74, 6) is 1.43. The third kappa shape index (κ3) is 5.51. The molecule has 0 unspecified atom stereocenters. The molecule has 2 fully saturated rings. The molecule has 5 rings (SSSR count). The number of rotatable bonds is 8. The fourth-order valence-corrected chi connectivity index (χ4v) is 4.42. The Morgan fingerprint density at radius 2 is 2.03 bits per heavy atom. The average molecular weight is 471 g/mol. The molecule has 2 aliphatic rings. The molecule has 2 saturated heterocycles. The maximum atomic E-state index is 14.0. The molecule has 7 nitrogen and oxygen atoms in total. The van der Waals surface area contributed by atoms with E-state index < -0.39 is 0 Å². The normalized spacial score (nSPS) is 19.4. The molecule has 0 bridgehead atoms. The van der Waals surface area contributed by atoms with E-state index in [4.69, 9.17) is 21.1 Å². The predicted octanol–water partition coefficient (Wildman–Crippen LogP) is 4.01. The van der Waals surface area contributed by atoms with E-state index in [-0.39, 0.29) is 18.5 Å². The van der Waals surface area contributed by atoms with Crippen LogP contribution in [0.4, 0.5) is 4.39 Å². The summed E-state index contributed by atoms with van der Waals surface area (Å²) in [6, 6.07) is 10.4. The van der Waals surface area contributed by atoms with Crippen LogP contribution in [0.15, 0.2) is 36.4 Å². The standard InChI is InChI=1S/C24H26ClFN5O2/c25-19-5-4-18(21(26)12-19)15-33-24-3-1-2-22(28-24)17-6-9-30(10-7-17)14-23-29-27-16-31(23)13-20-8-11-32-20/h1-5,12,17,20H,6-11,13-15H2/t20-/m0/s1. The van der Waals surface area contributed by atoms with E-state index in [0.29, 0.717) is 22.4 Å². The lowest BCUT2D eigenvalue weighted by Crippen LogP contribution is -2.35. The third-order valence-electron chi connectivity index (χ3n) is 6.33. The van der Waals surface area contributed by atoms with Gasteiger partial charge in [0.15, 0.2) is 0 Å². The number of aromatic nitrogens is 4. The highest BCUT2D eigenvalue weighted by atomic mass is 35.5. The smallest absolute Gasteiger partial charge is 0.213 e. The molecule has 2 aromatic heterocycles. The van der Waals surface area contributed by atoms with Gasteiger partial charge in [0.2, 0.25) is 12.2 Å². The minimum Gasteiger partial charge on any atom is -0.473 e. The van der Waals surface area contributed by atoms with Crippen molar-refractivity contribution in [3.8, 4) is 5.88 Å². The molecule has 2 aliphatic heterocycles. The molecular weight excluding hydrogens is 445 g/mol. The van der Waals surface area contributed by atoms with Gasteiger partial charge in [-0.3, -0.25) is 4.90 Å². The van der Waals surface area contributed by atoms with Crippen molar-refractivity contribution in [1.82, 2.24) is 24.6 Å². The van der Waals surface area contributed by atoms with Crippen molar-refractivity contribution in [2.45, 2.75) is 51.0 Å². The number of hydrogen-bond acceptors (Lipinski definition) is 6. The van der Waals surface area contributed by atoms with E-state index in [9.17, 15) is 4.39 Å². The lowest BCUT2D eigenvalue weighted by atomic mass is 9.93. The van der Waals surface area contributed by atoms with Gasteiger partial charge in [-0.15, -0.1) is 10.2 Å². The van der Waals surface area contributed by atoms with Gasteiger partial charge in [-0.2, -0.15) is 0 Å². The molecular formula is C24H26ClFN5O2. The molecule has 33 heavy (non-hydrogen) atoms. The lowest BCUT2D eigenvalue weighted by Gasteiger charge is -2.32. The molecule has 0 saturated carbocycles. The first-order valence-electron chi connectivity index (χ1n) is 11.3. The summed E-state index contributed by atoms with van der Waals surface area (Å²) in [6.07, 6.45) is 6.32. The van der Waals surface area contributed by atoms with Gasteiger partial charge < -0.3 is 14.0 Å². The zero-order chi connectivity index (χ0) is 22.6. The number of hydrogen-bond donors (Lipinski definition) is 0. The molecule has 0 N–H and O–H groups in total. The number of ether oxygens (including phenoxy) is 2. The molecule has 1 radical (unpaired) electrons. The quantitative estimate of drug-likeness (QED) is 0.495. The number of halogens is 2. The zero-order valence-corrected chi connectivity index (χ0v) is 19.0. The van der Waals surface area contributed by atoms with E-state index in [1.807, 2.05) is 22.8 Å². The van der Waals surface area contributed by atoms with Gasteiger partial charge in [-0.1, -0.05) is 23.7 Å². The highest BCUT2D eigenvalue weighted by molar-refractivity contribution is 6.30. The first-order valence-corrected chi connectivity index (χ1v) is 11.7. The van der Waals surface area contributed by atoms with Crippen molar-refractivity contribution in [3.05, 3.63) is 70.6 Å². The van der Waals surface area contributed by atoms with Gasteiger partial charge in [0.05, 0.1) is 19.2 Å². The highest BCUT2D eigenvalue weighted by Crippen LogP contribution is 2.29. The SMILES string of the molecule is Fc1cc(Cl)ccc1COc1cccc(C2CCN(Cc3nn[c]n3C[C@@H]3CCO3)CC2)n1. The van der Waals surface area contributed by atoms with Crippen molar-refractivity contribution in [2.75, 3.05) is 19.7 Å². The summed E-state index contributed by atoms with van der Waals surface area (Å²) < 4.78 is 27.3. The molecule has 0 spiro atoms. The van der Waals surface area contributed by atoms with Crippen molar-refractivity contribution < 1.29 is 13.9 Å². The van der Waals surface area contributed by atoms with Crippen molar-refractivity contribution in [1.29, 1.82) is 0 Å². The summed E-state index contributed by atoms with van der Waals surface area (Å²) in [7, 11) is 0. The molecule has 173 valence electrons. The second kappa shape index (κ2) is 10.2. The Labute approximate surface area is 197 Å². The van der Waals surface area contributed by atoms with Crippen LogP contribution in [0, 0.1) is 12.1 Å². The van der Waals surface area contributed by atoms with Crippen LogP contribution in [0.5, 0.6) is 5.88 Å². The van der Waals surface area contributed by atoms with Gasteiger partial charge in [-0.25, -0.2) is 9.37 Å². The molecule has 3 aromatic rings.